The average molecular weight is 256 g/mol. The van der Waals surface area contributed by atoms with Crippen molar-refractivity contribution in [1.29, 1.82) is 5.26 Å². The molecule has 0 radical (unpaired) electrons. The molecule has 0 amide bonds. The van der Waals surface area contributed by atoms with Gasteiger partial charge in [0.25, 0.3) is 0 Å². The Morgan fingerprint density at radius 2 is 2.00 bits per heavy atom. The van der Waals surface area contributed by atoms with Gasteiger partial charge in [0.15, 0.2) is 0 Å². The highest BCUT2D eigenvalue weighted by Crippen LogP contribution is 2.28. The van der Waals surface area contributed by atoms with Gasteiger partial charge in [0.2, 0.25) is 0 Å². The van der Waals surface area contributed by atoms with Crippen LogP contribution in [0.2, 0.25) is 0 Å². The second kappa shape index (κ2) is 5.79. The average Bonchev–Trinajstić information content (AvgIpc) is 2.73. The molecule has 1 heterocycles. The second-order valence-electron chi connectivity index (χ2n) is 4.31. The molecule has 0 spiro atoms. The first kappa shape index (κ1) is 12.8. The fourth-order valence-corrected chi connectivity index (χ4v) is 2.89. The minimum Gasteiger partial charge on any atom is -0.241 e. The number of aryl methyl sites for hydroxylation is 2. The lowest BCUT2D eigenvalue weighted by Gasteiger charge is -2.00. The van der Waals surface area contributed by atoms with Crippen LogP contribution >= 0.6 is 11.3 Å². The van der Waals surface area contributed by atoms with E-state index in [0.717, 1.165) is 27.6 Å². The van der Waals surface area contributed by atoms with Crippen LogP contribution in [-0.4, -0.2) is 4.98 Å². The van der Waals surface area contributed by atoms with Crippen molar-refractivity contribution >= 4 is 11.3 Å². The summed E-state index contributed by atoms with van der Waals surface area (Å²) in [6, 6.07) is 10.8. The predicted octanol–water partition coefficient (Wildman–Crippen LogP) is 4.14. The van der Waals surface area contributed by atoms with E-state index >= 15 is 0 Å². The number of hydrogen-bond donors (Lipinski definition) is 0. The van der Waals surface area contributed by atoms with Crippen molar-refractivity contribution in [2.45, 2.75) is 33.1 Å². The van der Waals surface area contributed by atoms with E-state index in [1.165, 1.54) is 12.0 Å². The second-order valence-corrected chi connectivity index (χ2v) is 5.39. The molecule has 0 aliphatic carbocycles. The molecule has 92 valence electrons. The molecule has 18 heavy (non-hydrogen) atoms. The maximum atomic E-state index is 8.75. The minimum absolute atomic E-state index is 0.456. The van der Waals surface area contributed by atoms with Crippen molar-refractivity contribution in [2.24, 2.45) is 0 Å². The molecule has 1 aromatic heterocycles. The molecule has 2 rings (SSSR count). The Morgan fingerprint density at radius 1 is 1.28 bits per heavy atom. The highest BCUT2D eigenvalue weighted by Gasteiger charge is 2.08. The molecule has 0 atom stereocenters. The maximum Gasteiger partial charge on any atom is 0.123 e. The number of rotatable bonds is 4. The third-order valence-corrected chi connectivity index (χ3v) is 4.08. The predicted molar refractivity (Wildman–Crippen MR) is 75.6 cm³/mol. The monoisotopic (exact) mass is 256 g/mol. The van der Waals surface area contributed by atoms with Crippen LogP contribution in [0.15, 0.2) is 24.3 Å². The van der Waals surface area contributed by atoms with Gasteiger partial charge in [-0.15, -0.1) is 11.3 Å². The quantitative estimate of drug-likeness (QED) is 0.824. The van der Waals surface area contributed by atoms with Crippen LogP contribution in [0, 0.1) is 18.3 Å². The van der Waals surface area contributed by atoms with Crippen LogP contribution in [0.1, 0.15) is 29.5 Å². The van der Waals surface area contributed by atoms with Gasteiger partial charge in [-0.25, -0.2) is 4.98 Å². The first-order valence-electron chi connectivity index (χ1n) is 6.17. The van der Waals surface area contributed by atoms with E-state index in [4.69, 9.17) is 5.26 Å². The Balaban J connectivity index is 2.26. The van der Waals surface area contributed by atoms with Crippen LogP contribution in [0.3, 0.4) is 0 Å². The highest BCUT2D eigenvalue weighted by molar-refractivity contribution is 7.15. The van der Waals surface area contributed by atoms with Gasteiger partial charge in [-0.3, -0.25) is 0 Å². The summed E-state index contributed by atoms with van der Waals surface area (Å²) in [7, 11) is 0. The topological polar surface area (TPSA) is 36.7 Å². The van der Waals surface area contributed by atoms with Gasteiger partial charge >= 0.3 is 0 Å². The standard InChI is InChI=1S/C15H16N2S/c1-3-4-12-5-7-13(8-6-12)15-17-11(2)14(18-15)9-10-16/h5-8H,3-4,9H2,1-2H3. The Bertz CT molecular complexity index is 561. The molecule has 0 fully saturated rings. The molecule has 2 nitrogen and oxygen atoms in total. The lowest BCUT2D eigenvalue weighted by Crippen LogP contribution is -1.83. The third kappa shape index (κ3) is 2.77. The number of nitrogens with zero attached hydrogens (tertiary/aromatic N) is 2. The molecular formula is C15H16N2S. The fraction of sp³-hybridized carbons (Fsp3) is 0.333. The van der Waals surface area contributed by atoms with Crippen LogP contribution in [0.4, 0.5) is 0 Å². The molecule has 0 saturated heterocycles. The summed E-state index contributed by atoms with van der Waals surface area (Å²) in [5, 5.41) is 9.76. The van der Waals surface area contributed by atoms with Crippen molar-refractivity contribution < 1.29 is 0 Å². The molecule has 3 heteroatoms. The zero-order chi connectivity index (χ0) is 13.0. The zero-order valence-corrected chi connectivity index (χ0v) is 11.5. The summed E-state index contributed by atoms with van der Waals surface area (Å²) >= 11 is 1.62. The van der Waals surface area contributed by atoms with Gasteiger partial charge in [0.1, 0.15) is 5.01 Å². The van der Waals surface area contributed by atoms with E-state index < -0.39 is 0 Å². The van der Waals surface area contributed by atoms with Gasteiger partial charge in [-0.05, 0) is 18.9 Å². The fourth-order valence-electron chi connectivity index (χ4n) is 1.89. The lowest BCUT2D eigenvalue weighted by atomic mass is 10.1. The number of nitriles is 1. The van der Waals surface area contributed by atoms with E-state index in [1.54, 1.807) is 11.3 Å². The van der Waals surface area contributed by atoms with Crippen molar-refractivity contribution in [2.75, 3.05) is 0 Å². The van der Waals surface area contributed by atoms with Crippen molar-refractivity contribution in [3.05, 3.63) is 40.4 Å². The molecular weight excluding hydrogens is 240 g/mol. The largest absolute Gasteiger partial charge is 0.241 e. The molecule has 0 unspecified atom stereocenters. The first-order chi connectivity index (χ1) is 8.74. The summed E-state index contributed by atoms with van der Waals surface area (Å²) in [5.41, 5.74) is 3.49. The van der Waals surface area contributed by atoms with Crippen LogP contribution < -0.4 is 0 Å². The Morgan fingerprint density at radius 3 is 2.61 bits per heavy atom. The van der Waals surface area contributed by atoms with Gasteiger partial charge in [0, 0.05) is 10.4 Å². The summed E-state index contributed by atoms with van der Waals surface area (Å²) in [4.78, 5) is 5.62. The third-order valence-electron chi connectivity index (χ3n) is 2.87. The summed E-state index contributed by atoms with van der Waals surface area (Å²) in [6.45, 7) is 4.16. The number of thiazole rings is 1. The Labute approximate surface area is 112 Å². The molecule has 0 aliphatic heterocycles. The highest BCUT2D eigenvalue weighted by atomic mass is 32.1. The molecule has 0 saturated carbocycles. The summed E-state index contributed by atoms with van der Waals surface area (Å²) in [6.07, 6.45) is 2.75. The summed E-state index contributed by atoms with van der Waals surface area (Å²) in [5.74, 6) is 0. The normalized spacial score (nSPS) is 10.3. The van der Waals surface area contributed by atoms with Crippen LogP contribution in [-0.2, 0) is 12.8 Å². The van der Waals surface area contributed by atoms with E-state index in [-0.39, 0.29) is 0 Å². The Kier molecular flexibility index (Phi) is 4.11. The zero-order valence-electron chi connectivity index (χ0n) is 10.7. The molecule has 2 aromatic rings. The van der Waals surface area contributed by atoms with E-state index in [2.05, 4.69) is 42.2 Å². The number of aromatic nitrogens is 1. The molecule has 0 N–H and O–H groups in total. The minimum atomic E-state index is 0.456. The van der Waals surface area contributed by atoms with E-state index in [1.807, 2.05) is 6.92 Å². The van der Waals surface area contributed by atoms with Gasteiger partial charge < -0.3 is 0 Å². The van der Waals surface area contributed by atoms with Gasteiger partial charge in [-0.1, -0.05) is 37.6 Å². The van der Waals surface area contributed by atoms with E-state index in [9.17, 15) is 0 Å². The van der Waals surface area contributed by atoms with E-state index in [0.29, 0.717) is 6.42 Å². The number of hydrogen-bond acceptors (Lipinski definition) is 3. The van der Waals surface area contributed by atoms with Gasteiger partial charge in [0.05, 0.1) is 18.2 Å². The van der Waals surface area contributed by atoms with Crippen LogP contribution in [0.25, 0.3) is 10.6 Å². The maximum absolute atomic E-state index is 8.75. The first-order valence-corrected chi connectivity index (χ1v) is 6.98. The summed E-state index contributed by atoms with van der Waals surface area (Å²) < 4.78 is 0. The Hall–Kier alpha value is -1.66. The SMILES string of the molecule is CCCc1ccc(-c2nc(C)c(CC#N)s2)cc1. The smallest absolute Gasteiger partial charge is 0.123 e. The van der Waals surface area contributed by atoms with Gasteiger partial charge in [-0.2, -0.15) is 5.26 Å². The molecule has 0 bridgehead atoms. The van der Waals surface area contributed by atoms with Crippen molar-refractivity contribution in [3.63, 3.8) is 0 Å². The molecule has 0 aliphatic rings. The number of benzene rings is 1. The van der Waals surface area contributed by atoms with Crippen LogP contribution in [0.5, 0.6) is 0 Å². The van der Waals surface area contributed by atoms with Crippen molar-refractivity contribution in [1.82, 2.24) is 4.98 Å². The van der Waals surface area contributed by atoms with Crippen molar-refractivity contribution in [3.8, 4) is 16.6 Å². The molecule has 1 aromatic carbocycles. The lowest BCUT2D eigenvalue weighted by molar-refractivity contribution is 0.922.